The molecule has 0 atom stereocenters. The highest BCUT2D eigenvalue weighted by molar-refractivity contribution is 5.83. The van der Waals surface area contributed by atoms with Gasteiger partial charge in [-0.15, -0.1) is 0 Å². The molecule has 5 heteroatoms. The summed E-state index contributed by atoms with van der Waals surface area (Å²) in [5, 5.41) is 10.4. The predicted octanol–water partition coefficient (Wildman–Crippen LogP) is 4.19. The quantitative estimate of drug-likeness (QED) is 0.659. The second-order valence-corrected chi connectivity index (χ2v) is 5.43. The van der Waals surface area contributed by atoms with Crippen LogP contribution in [-0.2, 0) is 0 Å². The third-order valence-electron chi connectivity index (χ3n) is 3.75. The maximum Gasteiger partial charge on any atom is 0.124 e. The Labute approximate surface area is 141 Å². The van der Waals surface area contributed by atoms with Crippen molar-refractivity contribution in [1.29, 1.82) is 0 Å². The highest BCUT2D eigenvalue weighted by Gasteiger charge is 2.12. The van der Waals surface area contributed by atoms with E-state index in [0.29, 0.717) is 5.82 Å². The van der Waals surface area contributed by atoms with E-state index < -0.39 is 0 Å². The predicted molar refractivity (Wildman–Crippen MR) is 101 cm³/mol. The Balaban J connectivity index is 2.14. The summed E-state index contributed by atoms with van der Waals surface area (Å²) in [6.45, 7) is 4.99. The van der Waals surface area contributed by atoms with Gasteiger partial charge in [-0.3, -0.25) is 5.10 Å². The molecule has 0 saturated carbocycles. The number of rotatable bonds is 5. The van der Waals surface area contributed by atoms with E-state index in [1.54, 1.807) is 6.20 Å². The van der Waals surface area contributed by atoms with Gasteiger partial charge in [-0.25, -0.2) is 4.98 Å². The molecule has 2 heterocycles. The molecule has 4 N–H and O–H groups in total. The van der Waals surface area contributed by atoms with Crippen LogP contribution in [0.4, 0.5) is 11.5 Å². The van der Waals surface area contributed by atoms with Crippen molar-refractivity contribution >= 4 is 17.6 Å². The van der Waals surface area contributed by atoms with Gasteiger partial charge in [0.15, 0.2) is 0 Å². The topological polar surface area (TPSA) is 79.6 Å². The molecule has 2 aromatic heterocycles. The van der Waals surface area contributed by atoms with Crippen LogP contribution >= 0.6 is 0 Å². The van der Waals surface area contributed by atoms with Crippen LogP contribution in [0.2, 0.25) is 0 Å². The molecule has 0 aliphatic carbocycles. The number of hydrogen-bond acceptors (Lipinski definition) is 4. The van der Waals surface area contributed by atoms with Crippen molar-refractivity contribution in [1.82, 2.24) is 15.2 Å². The SMILES string of the molecule is C/C=C\c1cc(-c2ccc(N)nc2-c2ccn[nH]2)ccc1NCC. The molecular formula is C19H21N5. The average molecular weight is 319 g/mol. The van der Waals surface area contributed by atoms with Gasteiger partial charge < -0.3 is 11.1 Å². The fraction of sp³-hybridized carbons (Fsp3) is 0.158. The standard InChI is InChI=1S/C19H21N5/c1-3-5-14-12-13(6-8-16(14)21-4-2)15-7-9-18(20)23-19(15)17-10-11-22-24-17/h3,5-12,21H,4H2,1-2H3,(H2,20,23)(H,22,24)/b5-3-. The number of nitrogens with one attached hydrogen (secondary N) is 2. The summed E-state index contributed by atoms with van der Waals surface area (Å²) in [6.07, 6.45) is 5.85. The maximum atomic E-state index is 5.89. The molecule has 0 bridgehead atoms. The lowest BCUT2D eigenvalue weighted by Crippen LogP contribution is -1.99. The molecule has 0 saturated heterocycles. The normalized spacial score (nSPS) is 11.1. The van der Waals surface area contributed by atoms with E-state index in [1.807, 2.05) is 31.2 Å². The van der Waals surface area contributed by atoms with Crippen molar-refractivity contribution in [2.24, 2.45) is 0 Å². The van der Waals surface area contributed by atoms with E-state index in [0.717, 1.165) is 40.3 Å². The summed E-state index contributed by atoms with van der Waals surface area (Å²) in [6, 6.07) is 12.1. The molecule has 3 aromatic rings. The number of nitrogens with zero attached hydrogens (tertiary/aromatic N) is 2. The van der Waals surface area contributed by atoms with Crippen LogP contribution in [0.15, 0.2) is 48.7 Å². The molecular weight excluding hydrogens is 298 g/mol. The smallest absolute Gasteiger partial charge is 0.124 e. The first-order chi connectivity index (χ1) is 11.7. The number of H-pyrrole nitrogens is 1. The number of anilines is 2. The summed E-state index contributed by atoms with van der Waals surface area (Å²) in [7, 11) is 0. The monoisotopic (exact) mass is 319 g/mol. The zero-order valence-corrected chi connectivity index (χ0v) is 13.9. The van der Waals surface area contributed by atoms with Crippen molar-refractivity contribution in [3.8, 4) is 22.5 Å². The number of hydrogen-bond donors (Lipinski definition) is 3. The number of aromatic nitrogens is 3. The Bertz CT molecular complexity index is 850. The molecule has 0 aliphatic heterocycles. The molecule has 0 radical (unpaired) electrons. The minimum absolute atomic E-state index is 0.487. The van der Waals surface area contributed by atoms with E-state index in [-0.39, 0.29) is 0 Å². The largest absolute Gasteiger partial charge is 0.385 e. The summed E-state index contributed by atoms with van der Waals surface area (Å²) in [5.41, 5.74) is 11.9. The van der Waals surface area contributed by atoms with Gasteiger partial charge in [-0.2, -0.15) is 5.10 Å². The molecule has 0 spiro atoms. The Morgan fingerprint density at radius 1 is 1.21 bits per heavy atom. The first-order valence-electron chi connectivity index (χ1n) is 8.00. The van der Waals surface area contributed by atoms with Crippen LogP contribution in [0.5, 0.6) is 0 Å². The summed E-state index contributed by atoms with van der Waals surface area (Å²) >= 11 is 0. The van der Waals surface area contributed by atoms with Crippen LogP contribution in [0, 0.1) is 0 Å². The van der Waals surface area contributed by atoms with E-state index in [2.05, 4.69) is 51.7 Å². The highest BCUT2D eigenvalue weighted by atomic mass is 15.1. The minimum atomic E-state index is 0.487. The highest BCUT2D eigenvalue weighted by Crippen LogP contribution is 2.33. The van der Waals surface area contributed by atoms with E-state index in [4.69, 9.17) is 5.73 Å². The third-order valence-corrected chi connectivity index (χ3v) is 3.75. The zero-order chi connectivity index (χ0) is 16.9. The summed E-state index contributed by atoms with van der Waals surface area (Å²) in [5.74, 6) is 0.487. The van der Waals surface area contributed by atoms with Crippen molar-refractivity contribution in [3.05, 3.63) is 54.2 Å². The van der Waals surface area contributed by atoms with Crippen LogP contribution < -0.4 is 11.1 Å². The fourth-order valence-corrected chi connectivity index (χ4v) is 2.70. The summed E-state index contributed by atoms with van der Waals surface area (Å²) < 4.78 is 0. The first-order valence-corrected chi connectivity index (χ1v) is 8.00. The van der Waals surface area contributed by atoms with E-state index >= 15 is 0 Å². The molecule has 0 unspecified atom stereocenters. The van der Waals surface area contributed by atoms with Crippen molar-refractivity contribution in [3.63, 3.8) is 0 Å². The Hall–Kier alpha value is -3.08. The van der Waals surface area contributed by atoms with Gasteiger partial charge in [0.1, 0.15) is 5.82 Å². The molecule has 0 aliphatic rings. The van der Waals surface area contributed by atoms with Gasteiger partial charge >= 0.3 is 0 Å². The molecule has 0 fully saturated rings. The van der Waals surface area contributed by atoms with Crippen molar-refractivity contribution in [2.45, 2.75) is 13.8 Å². The second-order valence-electron chi connectivity index (χ2n) is 5.43. The van der Waals surface area contributed by atoms with Gasteiger partial charge in [-0.1, -0.05) is 18.2 Å². The van der Waals surface area contributed by atoms with E-state index in [9.17, 15) is 0 Å². The second kappa shape index (κ2) is 7.00. The van der Waals surface area contributed by atoms with Gasteiger partial charge in [0, 0.05) is 24.0 Å². The van der Waals surface area contributed by atoms with Gasteiger partial charge in [0.05, 0.1) is 11.4 Å². The molecule has 122 valence electrons. The van der Waals surface area contributed by atoms with Crippen LogP contribution in [0.25, 0.3) is 28.6 Å². The number of nitrogens with two attached hydrogens (primary N) is 1. The summed E-state index contributed by atoms with van der Waals surface area (Å²) in [4.78, 5) is 4.50. The number of allylic oxidation sites excluding steroid dienone is 1. The van der Waals surface area contributed by atoms with Gasteiger partial charge in [-0.05, 0) is 55.3 Å². The Kier molecular flexibility index (Phi) is 4.61. The number of pyridine rings is 1. The third kappa shape index (κ3) is 3.15. The Morgan fingerprint density at radius 2 is 2.08 bits per heavy atom. The zero-order valence-electron chi connectivity index (χ0n) is 13.9. The molecule has 1 aromatic carbocycles. The molecule has 5 nitrogen and oxygen atoms in total. The Morgan fingerprint density at radius 3 is 2.79 bits per heavy atom. The molecule has 3 rings (SSSR count). The maximum absolute atomic E-state index is 5.89. The number of benzene rings is 1. The van der Waals surface area contributed by atoms with Gasteiger partial charge in [0.2, 0.25) is 0 Å². The van der Waals surface area contributed by atoms with Crippen molar-refractivity contribution in [2.75, 3.05) is 17.6 Å². The fourth-order valence-electron chi connectivity index (χ4n) is 2.70. The lowest BCUT2D eigenvalue weighted by atomic mass is 9.99. The van der Waals surface area contributed by atoms with E-state index in [1.165, 1.54) is 0 Å². The lowest BCUT2D eigenvalue weighted by molar-refractivity contribution is 1.09. The lowest BCUT2D eigenvalue weighted by Gasteiger charge is -2.13. The van der Waals surface area contributed by atoms with Crippen molar-refractivity contribution < 1.29 is 0 Å². The number of aromatic amines is 1. The number of nitrogen functional groups attached to an aromatic ring is 1. The van der Waals surface area contributed by atoms with Gasteiger partial charge in [0.25, 0.3) is 0 Å². The van der Waals surface area contributed by atoms with Crippen LogP contribution in [0.3, 0.4) is 0 Å². The minimum Gasteiger partial charge on any atom is -0.385 e. The molecule has 0 amide bonds. The first kappa shape index (κ1) is 15.8. The molecule has 24 heavy (non-hydrogen) atoms. The van der Waals surface area contributed by atoms with Crippen LogP contribution in [0.1, 0.15) is 19.4 Å². The average Bonchev–Trinajstić information content (AvgIpc) is 3.11. The van der Waals surface area contributed by atoms with Crippen LogP contribution in [-0.4, -0.2) is 21.7 Å².